The normalized spacial score (nSPS) is 11.9. The quantitative estimate of drug-likeness (QED) is 0.676. The number of azo groups is 1. The maximum absolute atomic E-state index is 10.00. The SMILES string of the molecule is Cc1ccc(N=Nc2c(C(C)C)nc3c(O)cccn23)c(C)c1. The van der Waals surface area contributed by atoms with E-state index in [0.717, 1.165) is 16.9 Å². The fraction of sp³-hybridized carbons (Fsp3) is 0.278. The fourth-order valence-electron chi connectivity index (χ4n) is 2.56. The van der Waals surface area contributed by atoms with Gasteiger partial charge in [-0.25, -0.2) is 4.98 Å². The average Bonchev–Trinajstić information content (AvgIpc) is 2.87. The summed E-state index contributed by atoms with van der Waals surface area (Å²) in [6.07, 6.45) is 1.84. The Kier molecular flexibility index (Phi) is 3.86. The number of hydrogen-bond acceptors (Lipinski definition) is 4. The molecule has 0 aliphatic carbocycles. The minimum Gasteiger partial charge on any atom is -0.504 e. The van der Waals surface area contributed by atoms with E-state index in [-0.39, 0.29) is 11.7 Å². The molecule has 2 heterocycles. The first kappa shape index (κ1) is 15.2. The van der Waals surface area contributed by atoms with Gasteiger partial charge in [0.2, 0.25) is 0 Å². The van der Waals surface area contributed by atoms with Crippen molar-refractivity contribution < 1.29 is 5.11 Å². The number of aryl methyl sites for hydroxylation is 2. The maximum atomic E-state index is 10.00. The van der Waals surface area contributed by atoms with E-state index in [4.69, 9.17) is 0 Å². The second kappa shape index (κ2) is 5.83. The Morgan fingerprint density at radius 2 is 1.91 bits per heavy atom. The zero-order valence-corrected chi connectivity index (χ0v) is 13.8. The van der Waals surface area contributed by atoms with Gasteiger partial charge >= 0.3 is 0 Å². The van der Waals surface area contributed by atoms with E-state index in [1.54, 1.807) is 16.5 Å². The van der Waals surface area contributed by atoms with Crippen molar-refractivity contribution in [3.05, 3.63) is 53.3 Å². The van der Waals surface area contributed by atoms with Crippen molar-refractivity contribution in [2.24, 2.45) is 10.2 Å². The first-order valence-electron chi connectivity index (χ1n) is 7.66. The molecule has 0 unspecified atom stereocenters. The van der Waals surface area contributed by atoms with Crippen molar-refractivity contribution in [2.75, 3.05) is 0 Å². The Morgan fingerprint density at radius 3 is 2.61 bits per heavy atom. The summed E-state index contributed by atoms with van der Waals surface area (Å²) >= 11 is 0. The summed E-state index contributed by atoms with van der Waals surface area (Å²) in [6, 6.07) is 9.45. The first-order valence-corrected chi connectivity index (χ1v) is 7.66. The van der Waals surface area contributed by atoms with Crippen LogP contribution in [-0.2, 0) is 0 Å². The highest BCUT2D eigenvalue weighted by molar-refractivity contribution is 5.61. The predicted octanol–water partition coefficient (Wildman–Crippen LogP) is 5.20. The Labute approximate surface area is 135 Å². The minimum atomic E-state index is 0.141. The molecule has 0 amide bonds. The van der Waals surface area contributed by atoms with Gasteiger partial charge in [-0.3, -0.25) is 4.40 Å². The Bertz CT molecular complexity index is 893. The number of fused-ring (bicyclic) bond motifs is 1. The summed E-state index contributed by atoms with van der Waals surface area (Å²) in [5.74, 6) is 0.982. The smallest absolute Gasteiger partial charge is 0.183 e. The summed E-state index contributed by atoms with van der Waals surface area (Å²) in [6.45, 7) is 8.17. The number of aromatic hydroxyl groups is 1. The number of rotatable bonds is 3. The molecular formula is C18H20N4O. The molecule has 5 nitrogen and oxygen atoms in total. The Balaban J connectivity index is 2.13. The second-order valence-electron chi connectivity index (χ2n) is 6.05. The molecule has 0 fully saturated rings. The Hall–Kier alpha value is -2.69. The van der Waals surface area contributed by atoms with Crippen molar-refractivity contribution in [3.63, 3.8) is 0 Å². The molecule has 0 radical (unpaired) electrons. The standard InChI is InChI=1S/C18H20N4O/c1-11(2)16-18(22-9-5-6-15(23)17(22)19-16)21-20-14-8-7-12(3)10-13(14)4/h5-11,23H,1-4H3. The molecule has 5 heteroatoms. The number of imidazole rings is 1. The first-order chi connectivity index (χ1) is 11.0. The third kappa shape index (κ3) is 2.82. The fourth-order valence-corrected chi connectivity index (χ4v) is 2.56. The van der Waals surface area contributed by atoms with Crippen LogP contribution in [0.15, 0.2) is 46.8 Å². The summed E-state index contributed by atoms with van der Waals surface area (Å²) in [5, 5.41) is 18.8. The molecule has 0 atom stereocenters. The van der Waals surface area contributed by atoms with E-state index in [1.807, 2.05) is 25.3 Å². The summed E-state index contributed by atoms with van der Waals surface area (Å²) in [5.41, 5.74) is 4.44. The van der Waals surface area contributed by atoms with Gasteiger partial charge in [-0.05, 0) is 43.5 Å². The summed E-state index contributed by atoms with van der Waals surface area (Å²) in [4.78, 5) is 4.52. The lowest BCUT2D eigenvalue weighted by molar-refractivity contribution is 0.477. The monoisotopic (exact) mass is 308 g/mol. The molecule has 0 aliphatic rings. The molecule has 3 rings (SSSR count). The summed E-state index contributed by atoms with van der Waals surface area (Å²) < 4.78 is 1.78. The highest BCUT2D eigenvalue weighted by atomic mass is 16.3. The van der Waals surface area contributed by atoms with Gasteiger partial charge in [-0.15, -0.1) is 10.2 Å². The van der Waals surface area contributed by atoms with Crippen LogP contribution in [0.4, 0.5) is 11.5 Å². The number of pyridine rings is 1. The van der Waals surface area contributed by atoms with Crippen LogP contribution in [0.3, 0.4) is 0 Å². The van der Waals surface area contributed by atoms with Gasteiger partial charge in [0, 0.05) is 6.20 Å². The third-order valence-corrected chi connectivity index (χ3v) is 3.78. The van der Waals surface area contributed by atoms with Crippen molar-refractivity contribution in [1.82, 2.24) is 9.38 Å². The average molecular weight is 308 g/mol. The van der Waals surface area contributed by atoms with E-state index < -0.39 is 0 Å². The van der Waals surface area contributed by atoms with Crippen LogP contribution in [0, 0.1) is 13.8 Å². The molecule has 0 saturated carbocycles. The van der Waals surface area contributed by atoms with Crippen LogP contribution in [0.1, 0.15) is 36.6 Å². The predicted molar refractivity (Wildman–Crippen MR) is 91.0 cm³/mol. The van der Waals surface area contributed by atoms with Gasteiger partial charge in [0.05, 0.1) is 11.4 Å². The summed E-state index contributed by atoms with van der Waals surface area (Å²) in [7, 11) is 0. The second-order valence-corrected chi connectivity index (χ2v) is 6.05. The molecule has 0 bridgehead atoms. The number of benzene rings is 1. The lowest BCUT2D eigenvalue weighted by Gasteiger charge is -2.03. The number of hydrogen-bond donors (Lipinski definition) is 1. The van der Waals surface area contributed by atoms with E-state index in [2.05, 4.69) is 42.1 Å². The number of aromatic nitrogens is 2. The molecule has 3 aromatic rings. The Morgan fingerprint density at radius 1 is 1.13 bits per heavy atom. The van der Waals surface area contributed by atoms with Crippen LogP contribution < -0.4 is 0 Å². The lowest BCUT2D eigenvalue weighted by atomic mass is 10.1. The highest BCUT2D eigenvalue weighted by Gasteiger charge is 2.16. The van der Waals surface area contributed by atoms with Gasteiger partial charge in [0.15, 0.2) is 17.2 Å². The van der Waals surface area contributed by atoms with Crippen LogP contribution in [0.5, 0.6) is 5.75 Å². The van der Waals surface area contributed by atoms with Crippen molar-refractivity contribution >= 4 is 17.2 Å². The van der Waals surface area contributed by atoms with E-state index in [1.165, 1.54) is 5.56 Å². The van der Waals surface area contributed by atoms with Crippen molar-refractivity contribution in [2.45, 2.75) is 33.6 Å². The molecule has 23 heavy (non-hydrogen) atoms. The molecule has 0 saturated heterocycles. The molecule has 0 spiro atoms. The van der Waals surface area contributed by atoms with Crippen LogP contribution >= 0.6 is 0 Å². The minimum absolute atomic E-state index is 0.141. The zero-order chi connectivity index (χ0) is 16.6. The third-order valence-electron chi connectivity index (χ3n) is 3.78. The zero-order valence-electron chi connectivity index (χ0n) is 13.8. The van der Waals surface area contributed by atoms with Gasteiger partial charge in [0.25, 0.3) is 0 Å². The molecule has 0 aliphatic heterocycles. The van der Waals surface area contributed by atoms with Gasteiger partial charge in [0.1, 0.15) is 0 Å². The number of nitrogens with zero attached hydrogens (tertiary/aromatic N) is 4. The van der Waals surface area contributed by atoms with Crippen LogP contribution in [-0.4, -0.2) is 14.5 Å². The van der Waals surface area contributed by atoms with Gasteiger partial charge < -0.3 is 5.11 Å². The molecule has 2 aromatic heterocycles. The lowest BCUT2D eigenvalue weighted by Crippen LogP contribution is -1.87. The van der Waals surface area contributed by atoms with Crippen molar-refractivity contribution in [3.8, 4) is 5.75 Å². The van der Waals surface area contributed by atoms with E-state index >= 15 is 0 Å². The van der Waals surface area contributed by atoms with Crippen LogP contribution in [0.2, 0.25) is 0 Å². The van der Waals surface area contributed by atoms with Crippen LogP contribution in [0.25, 0.3) is 5.65 Å². The van der Waals surface area contributed by atoms with Gasteiger partial charge in [-0.1, -0.05) is 31.5 Å². The van der Waals surface area contributed by atoms with Crippen molar-refractivity contribution in [1.29, 1.82) is 0 Å². The highest BCUT2D eigenvalue weighted by Crippen LogP contribution is 2.32. The van der Waals surface area contributed by atoms with E-state index in [0.29, 0.717) is 11.5 Å². The van der Waals surface area contributed by atoms with Gasteiger partial charge in [-0.2, -0.15) is 0 Å². The maximum Gasteiger partial charge on any atom is 0.183 e. The molecule has 1 aromatic carbocycles. The topological polar surface area (TPSA) is 62.2 Å². The van der Waals surface area contributed by atoms with E-state index in [9.17, 15) is 5.11 Å². The molecular weight excluding hydrogens is 288 g/mol. The largest absolute Gasteiger partial charge is 0.504 e. The molecule has 118 valence electrons. The molecule has 1 N–H and O–H groups in total.